The molecule has 0 N–H and O–H groups in total. The Bertz CT molecular complexity index is 918. The molecule has 2 aromatic carbocycles. The number of ketones is 2. The van der Waals surface area contributed by atoms with Crippen molar-refractivity contribution in [3.8, 4) is 0 Å². The minimum atomic E-state index is -0.484. The smallest absolute Gasteiger partial charge is 0.299 e. The molecule has 2 aliphatic rings. The Kier molecular flexibility index (Phi) is 4.55. The largest absolute Gasteiger partial charge is 0.305 e. The Labute approximate surface area is 162 Å². The van der Waals surface area contributed by atoms with Crippen molar-refractivity contribution in [2.75, 3.05) is 22.9 Å². The molecular formula is C22H20N2O4. The number of fused-ring (bicyclic) bond motifs is 2. The van der Waals surface area contributed by atoms with Gasteiger partial charge in [0.1, 0.15) is 0 Å². The van der Waals surface area contributed by atoms with Gasteiger partial charge in [0, 0.05) is 13.1 Å². The first-order valence-electron chi connectivity index (χ1n) is 9.39. The van der Waals surface area contributed by atoms with E-state index in [4.69, 9.17) is 0 Å². The molecule has 0 bridgehead atoms. The van der Waals surface area contributed by atoms with Crippen LogP contribution in [-0.4, -0.2) is 36.5 Å². The zero-order valence-electron chi connectivity index (χ0n) is 15.6. The lowest BCUT2D eigenvalue weighted by Gasteiger charge is -2.22. The van der Waals surface area contributed by atoms with Gasteiger partial charge in [-0.2, -0.15) is 0 Å². The summed E-state index contributed by atoms with van der Waals surface area (Å²) in [5, 5.41) is 0. The van der Waals surface area contributed by atoms with E-state index in [-0.39, 0.29) is 5.92 Å². The van der Waals surface area contributed by atoms with Gasteiger partial charge in [-0.05, 0) is 43.0 Å². The number of Topliss-reactive ketones (excluding diaryl/α,β-unsaturated/α-hetero) is 2. The highest BCUT2D eigenvalue weighted by atomic mass is 16.2. The molecule has 0 radical (unpaired) electrons. The topological polar surface area (TPSA) is 74.8 Å². The summed E-state index contributed by atoms with van der Waals surface area (Å²) >= 11 is 0. The second-order valence-electron chi connectivity index (χ2n) is 7.29. The van der Waals surface area contributed by atoms with Crippen LogP contribution in [0.4, 0.5) is 11.4 Å². The van der Waals surface area contributed by atoms with E-state index in [9.17, 15) is 19.2 Å². The van der Waals surface area contributed by atoms with E-state index in [0.717, 1.165) is 0 Å². The molecule has 4 rings (SSSR count). The van der Waals surface area contributed by atoms with Gasteiger partial charge >= 0.3 is 0 Å². The highest BCUT2D eigenvalue weighted by Crippen LogP contribution is 2.31. The highest BCUT2D eigenvalue weighted by molar-refractivity contribution is 6.52. The van der Waals surface area contributed by atoms with Crippen LogP contribution in [0.1, 0.15) is 40.5 Å². The number of carbonyl (C=O) groups is 4. The monoisotopic (exact) mass is 376 g/mol. The van der Waals surface area contributed by atoms with Crippen LogP contribution in [0.5, 0.6) is 0 Å². The van der Waals surface area contributed by atoms with Crippen molar-refractivity contribution in [1.29, 1.82) is 0 Å². The maximum absolute atomic E-state index is 12.2. The number of nitrogens with zero attached hydrogens (tertiary/aromatic N) is 2. The second kappa shape index (κ2) is 7.03. The third-order valence-corrected chi connectivity index (χ3v) is 5.45. The van der Waals surface area contributed by atoms with Crippen molar-refractivity contribution in [3.05, 3.63) is 59.7 Å². The van der Waals surface area contributed by atoms with Crippen LogP contribution in [0.15, 0.2) is 48.5 Å². The summed E-state index contributed by atoms with van der Waals surface area (Å²) in [4.78, 5) is 51.7. The normalized spacial score (nSPS) is 15.6. The molecule has 2 aromatic rings. The molecular weight excluding hydrogens is 356 g/mol. The third kappa shape index (κ3) is 2.91. The van der Waals surface area contributed by atoms with Gasteiger partial charge in [0.05, 0.1) is 22.5 Å². The molecule has 0 spiro atoms. The molecule has 142 valence electrons. The molecule has 2 aliphatic heterocycles. The molecule has 0 saturated carbocycles. The van der Waals surface area contributed by atoms with Crippen LogP contribution >= 0.6 is 0 Å². The number of hydrogen-bond donors (Lipinski definition) is 0. The van der Waals surface area contributed by atoms with Gasteiger partial charge in [0.2, 0.25) is 0 Å². The minimum Gasteiger partial charge on any atom is -0.305 e. The van der Waals surface area contributed by atoms with E-state index in [0.29, 0.717) is 48.4 Å². The average Bonchev–Trinajstić information content (AvgIpc) is 3.10. The average molecular weight is 376 g/mol. The third-order valence-electron chi connectivity index (χ3n) is 5.45. The summed E-state index contributed by atoms with van der Waals surface area (Å²) in [6.07, 6.45) is 1.40. The van der Waals surface area contributed by atoms with Gasteiger partial charge in [-0.3, -0.25) is 19.2 Å². The van der Waals surface area contributed by atoms with Crippen molar-refractivity contribution in [2.45, 2.75) is 19.8 Å². The second-order valence-corrected chi connectivity index (χ2v) is 7.29. The van der Waals surface area contributed by atoms with Gasteiger partial charge in [-0.1, -0.05) is 31.2 Å². The molecule has 0 aliphatic carbocycles. The predicted octanol–water partition coefficient (Wildman–Crippen LogP) is 2.86. The maximum Gasteiger partial charge on any atom is 0.299 e. The summed E-state index contributed by atoms with van der Waals surface area (Å²) in [6.45, 7) is 2.95. The number of carbonyl (C=O) groups excluding carboxylic acids is 4. The number of para-hydroxylation sites is 2. The Balaban J connectivity index is 1.37. The van der Waals surface area contributed by atoms with Crippen molar-refractivity contribution < 1.29 is 19.2 Å². The van der Waals surface area contributed by atoms with E-state index in [1.807, 2.05) is 19.1 Å². The predicted molar refractivity (Wildman–Crippen MR) is 105 cm³/mol. The van der Waals surface area contributed by atoms with Crippen molar-refractivity contribution in [2.24, 2.45) is 5.92 Å². The zero-order valence-corrected chi connectivity index (χ0v) is 15.6. The first-order chi connectivity index (χ1) is 13.5. The number of rotatable bonds is 6. The maximum atomic E-state index is 12.2. The van der Waals surface area contributed by atoms with E-state index >= 15 is 0 Å². The summed E-state index contributed by atoms with van der Waals surface area (Å²) in [5.41, 5.74) is 2.24. The van der Waals surface area contributed by atoms with E-state index in [1.54, 1.807) is 36.4 Å². The molecule has 0 unspecified atom stereocenters. The molecule has 0 atom stereocenters. The fourth-order valence-electron chi connectivity index (χ4n) is 3.78. The molecule has 0 saturated heterocycles. The number of anilines is 2. The molecule has 28 heavy (non-hydrogen) atoms. The van der Waals surface area contributed by atoms with Crippen LogP contribution < -0.4 is 9.80 Å². The lowest BCUT2D eigenvalue weighted by atomic mass is 10.0. The Hall–Kier alpha value is -3.28. The summed E-state index contributed by atoms with van der Waals surface area (Å²) < 4.78 is 0. The quantitative estimate of drug-likeness (QED) is 0.727. The van der Waals surface area contributed by atoms with Crippen LogP contribution in [-0.2, 0) is 9.59 Å². The standard InChI is InChI=1S/C22H20N2O4/c1-14(10-12-23-17-8-4-2-6-15(17)19(25)21(23)27)11-13-24-18-9-5-3-7-16(18)20(26)22(24)28/h2-9,14H,10-13H2,1H3. The summed E-state index contributed by atoms with van der Waals surface area (Å²) in [6, 6.07) is 14.1. The fourth-order valence-corrected chi connectivity index (χ4v) is 3.78. The van der Waals surface area contributed by atoms with Crippen molar-refractivity contribution >= 4 is 34.8 Å². The van der Waals surface area contributed by atoms with Crippen LogP contribution in [0.2, 0.25) is 0 Å². The van der Waals surface area contributed by atoms with Gasteiger partial charge in [-0.15, -0.1) is 0 Å². The molecule has 6 nitrogen and oxygen atoms in total. The molecule has 6 heteroatoms. The SMILES string of the molecule is CC(CCN1C(=O)C(=O)c2ccccc21)CCN1C(=O)C(=O)c2ccccc21. The van der Waals surface area contributed by atoms with E-state index < -0.39 is 23.4 Å². The van der Waals surface area contributed by atoms with Crippen LogP contribution in [0.25, 0.3) is 0 Å². The Morgan fingerprint density at radius 1 is 0.679 bits per heavy atom. The van der Waals surface area contributed by atoms with Crippen molar-refractivity contribution in [3.63, 3.8) is 0 Å². The lowest BCUT2D eigenvalue weighted by Crippen LogP contribution is -2.33. The first kappa shape index (κ1) is 18.1. The summed E-state index contributed by atoms with van der Waals surface area (Å²) in [7, 11) is 0. The van der Waals surface area contributed by atoms with E-state index in [2.05, 4.69) is 0 Å². The van der Waals surface area contributed by atoms with Crippen LogP contribution in [0.3, 0.4) is 0 Å². The van der Waals surface area contributed by atoms with E-state index in [1.165, 1.54) is 9.80 Å². The minimum absolute atomic E-state index is 0.214. The molecule has 2 heterocycles. The van der Waals surface area contributed by atoms with Gasteiger partial charge < -0.3 is 9.80 Å². The van der Waals surface area contributed by atoms with Gasteiger partial charge in [0.25, 0.3) is 23.4 Å². The number of benzene rings is 2. The van der Waals surface area contributed by atoms with Gasteiger partial charge in [-0.25, -0.2) is 0 Å². The molecule has 2 amide bonds. The Morgan fingerprint density at radius 3 is 1.50 bits per heavy atom. The highest BCUT2D eigenvalue weighted by Gasteiger charge is 2.36. The van der Waals surface area contributed by atoms with Crippen molar-refractivity contribution in [1.82, 2.24) is 0 Å². The number of amides is 2. The summed E-state index contributed by atoms with van der Waals surface area (Å²) in [5.74, 6) is -1.67. The van der Waals surface area contributed by atoms with Crippen LogP contribution in [0, 0.1) is 5.92 Å². The zero-order chi connectivity index (χ0) is 19.8. The molecule has 0 fully saturated rings. The Morgan fingerprint density at radius 2 is 1.07 bits per heavy atom. The molecule has 0 aromatic heterocycles. The number of hydrogen-bond acceptors (Lipinski definition) is 4. The fraction of sp³-hybridized carbons (Fsp3) is 0.273. The first-order valence-corrected chi connectivity index (χ1v) is 9.39. The lowest BCUT2D eigenvalue weighted by molar-refractivity contribution is -0.114. The van der Waals surface area contributed by atoms with Gasteiger partial charge in [0.15, 0.2) is 0 Å².